The average molecular weight is 293 g/mol. The van der Waals surface area contributed by atoms with Crippen LogP contribution < -0.4 is 5.32 Å². The first-order valence-corrected chi connectivity index (χ1v) is 7.56. The number of benzene rings is 1. The van der Waals surface area contributed by atoms with Crippen molar-refractivity contribution in [3.8, 4) is 0 Å². The predicted octanol–water partition coefficient (Wildman–Crippen LogP) is 3.92. The van der Waals surface area contributed by atoms with Gasteiger partial charge in [-0.2, -0.15) is 0 Å². The molecule has 0 atom stereocenters. The minimum absolute atomic E-state index is 0.136. The molecule has 0 aliphatic heterocycles. The third-order valence-electron chi connectivity index (χ3n) is 3.78. The Morgan fingerprint density at radius 3 is 2.80 bits per heavy atom. The summed E-state index contributed by atoms with van der Waals surface area (Å²) in [4.78, 5) is 15.1. The number of H-pyrrole nitrogens is 1. The minimum atomic E-state index is 0.136. The van der Waals surface area contributed by atoms with Crippen molar-refractivity contribution < 1.29 is 4.79 Å². The lowest BCUT2D eigenvalue weighted by molar-refractivity contribution is -0.125. The summed E-state index contributed by atoms with van der Waals surface area (Å²) in [5.74, 6) is 0.301. The van der Waals surface area contributed by atoms with Gasteiger partial charge in [0.1, 0.15) is 0 Å². The Morgan fingerprint density at radius 1 is 1.35 bits per heavy atom. The van der Waals surface area contributed by atoms with Gasteiger partial charge in [-0.1, -0.05) is 31.5 Å². The Morgan fingerprint density at radius 2 is 2.10 bits per heavy atom. The molecule has 3 nitrogen and oxygen atoms in total. The third-order valence-corrected chi connectivity index (χ3v) is 4.01. The van der Waals surface area contributed by atoms with Crippen molar-refractivity contribution in [1.82, 2.24) is 10.3 Å². The van der Waals surface area contributed by atoms with Gasteiger partial charge in [-0.25, -0.2) is 0 Å². The van der Waals surface area contributed by atoms with E-state index in [-0.39, 0.29) is 11.8 Å². The zero-order valence-corrected chi connectivity index (χ0v) is 12.8. The molecule has 0 bridgehead atoms. The molecule has 2 rings (SSSR count). The Balaban J connectivity index is 1.95. The lowest BCUT2D eigenvalue weighted by Crippen LogP contribution is -2.31. The zero-order valence-electron chi connectivity index (χ0n) is 12.0. The molecular weight excluding hydrogens is 272 g/mol. The number of halogens is 1. The van der Waals surface area contributed by atoms with Crippen LogP contribution in [0.3, 0.4) is 0 Å². The standard InChI is InChI=1S/C16H21ClN2O/c1-3-11(4-2)16(20)18-8-7-12-10-19-15-9-13(17)5-6-14(12)15/h5-6,9-11,19H,3-4,7-8H2,1-2H3,(H,18,20). The van der Waals surface area contributed by atoms with E-state index in [1.165, 1.54) is 10.9 Å². The van der Waals surface area contributed by atoms with E-state index in [1.807, 2.05) is 24.4 Å². The minimum Gasteiger partial charge on any atom is -0.361 e. The first-order chi connectivity index (χ1) is 9.65. The number of aromatic nitrogens is 1. The molecule has 1 aromatic carbocycles. The Kier molecular flexibility index (Phi) is 5.07. The maximum Gasteiger partial charge on any atom is 0.223 e. The van der Waals surface area contributed by atoms with Crippen molar-refractivity contribution in [2.45, 2.75) is 33.1 Å². The van der Waals surface area contributed by atoms with E-state index in [2.05, 4.69) is 24.1 Å². The highest BCUT2D eigenvalue weighted by molar-refractivity contribution is 6.31. The monoisotopic (exact) mass is 292 g/mol. The smallest absolute Gasteiger partial charge is 0.223 e. The number of amides is 1. The van der Waals surface area contributed by atoms with Crippen LogP contribution in [-0.2, 0) is 11.2 Å². The van der Waals surface area contributed by atoms with Gasteiger partial charge in [-0.15, -0.1) is 0 Å². The topological polar surface area (TPSA) is 44.9 Å². The summed E-state index contributed by atoms with van der Waals surface area (Å²) in [7, 11) is 0. The molecule has 2 aromatic rings. The van der Waals surface area contributed by atoms with E-state index >= 15 is 0 Å². The molecule has 0 aliphatic rings. The van der Waals surface area contributed by atoms with Crippen molar-refractivity contribution in [2.75, 3.05) is 6.54 Å². The summed E-state index contributed by atoms with van der Waals surface area (Å²) in [6.45, 7) is 4.78. The molecule has 108 valence electrons. The van der Waals surface area contributed by atoms with Crippen LogP contribution in [0.15, 0.2) is 24.4 Å². The fraction of sp³-hybridized carbons (Fsp3) is 0.438. The van der Waals surface area contributed by atoms with Gasteiger partial charge in [-0.05, 0) is 37.0 Å². The van der Waals surface area contributed by atoms with Crippen molar-refractivity contribution in [2.24, 2.45) is 5.92 Å². The molecule has 0 saturated carbocycles. The highest BCUT2D eigenvalue weighted by atomic mass is 35.5. The van der Waals surface area contributed by atoms with Gasteiger partial charge in [0.25, 0.3) is 0 Å². The number of rotatable bonds is 6. The van der Waals surface area contributed by atoms with Crippen molar-refractivity contribution in [3.63, 3.8) is 0 Å². The lowest BCUT2D eigenvalue weighted by Gasteiger charge is -2.12. The third kappa shape index (κ3) is 3.34. The van der Waals surface area contributed by atoms with Crippen LogP contribution in [0.1, 0.15) is 32.3 Å². The van der Waals surface area contributed by atoms with Crippen molar-refractivity contribution >= 4 is 28.4 Å². The first kappa shape index (κ1) is 14.9. The van der Waals surface area contributed by atoms with Crippen LogP contribution >= 0.6 is 11.6 Å². The summed E-state index contributed by atoms with van der Waals surface area (Å²) in [5.41, 5.74) is 2.25. The lowest BCUT2D eigenvalue weighted by atomic mass is 10.0. The highest BCUT2D eigenvalue weighted by Crippen LogP contribution is 2.22. The number of carbonyl (C=O) groups excluding carboxylic acids is 1. The second-order valence-electron chi connectivity index (χ2n) is 5.06. The summed E-state index contributed by atoms with van der Waals surface area (Å²) < 4.78 is 0. The van der Waals surface area contributed by atoms with E-state index in [9.17, 15) is 4.79 Å². The summed E-state index contributed by atoms with van der Waals surface area (Å²) in [6.07, 6.45) is 4.61. The van der Waals surface area contributed by atoms with E-state index in [0.29, 0.717) is 6.54 Å². The molecule has 2 N–H and O–H groups in total. The van der Waals surface area contributed by atoms with Crippen LogP contribution in [0.5, 0.6) is 0 Å². The van der Waals surface area contributed by atoms with Gasteiger partial charge >= 0.3 is 0 Å². The molecule has 1 amide bonds. The largest absolute Gasteiger partial charge is 0.361 e. The van der Waals surface area contributed by atoms with E-state index < -0.39 is 0 Å². The van der Waals surface area contributed by atoms with E-state index in [1.54, 1.807) is 0 Å². The molecule has 0 unspecified atom stereocenters. The van der Waals surface area contributed by atoms with Gasteiger partial charge < -0.3 is 10.3 Å². The van der Waals surface area contributed by atoms with Gasteiger partial charge in [0.15, 0.2) is 0 Å². The van der Waals surface area contributed by atoms with Crippen LogP contribution in [0.2, 0.25) is 5.02 Å². The van der Waals surface area contributed by atoms with Crippen molar-refractivity contribution in [1.29, 1.82) is 0 Å². The quantitative estimate of drug-likeness (QED) is 0.833. The summed E-state index contributed by atoms with van der Waals surface area (Å²) >= 11 is 5.96. The summed E-state index contributed by atoms with van der Waals surface area (Å²) in [5, 5.41) is 4.92. The van der Waals surface area contributed by atoms with Gasteiger partial charge in [0.2, 0.25) is 5.91 Å². The normalized spacial score (nSPS) is 11.2. The molecule has 0 saturated heterocycles. The van der Waals surface area contributed by atoms with E-state index in [0.717, 1.165) is 29.8 Å². The second kappa shape index (κ2) is 6.80. The van der Waals surface area contributed by atoms with Crippen LogP contribution in [0.4, 0.5) is 0 Å². The molecular formula is C16H21ClN2O. The number of hydrogen-bond donors (Lipinski definition) is 2. The van der Waals surface area contributed by atoms with Gasteiger partial charge in [-0.3, -0.25) is 4.79 Å². The first-order valence-electron chi connectivity index (χ1n) is 7.18. The molecule has 0 fully saturated rings. The number of nitrogens with one attached hydrogen (secondary N) is 2. The van der Waals surface area contributed by atoms with Crippen LogP contribution in [-0.4, -0.2) is 17.4 Å². The van der Waals surface area contributed by atoms with Gasteiger partial charge in [0, 0.05) is 34.6 Å². The summed E-state index contributed by atoms with van der Waals surface area (Å²) in [6, 6.07) is 5.83. The average Bonchev–Trinajstić information content (AvgIpc) is 2.82. The molecule has 0 radical (unpaired) electrons. The van der Waals surface area contributed by atoms with Crippen molar-refractivity contribution in [3.05, 3.63) is 35.0 Å². The number of hydrogen-bond acceptors (Lipinski definition) is 1. The molecule has 0 aliphatic carbocycles. The fourth-order valence-corrected chi connectivity index (χ4v) is 2.66. The Labute approximate surface area is 124 Å². The molecule has 4 heteroatoms. The molecule has 1 aromatic heterocycles. The van der Waals surface area contributed by atoms with Gasteiger partial charge in [0.05, 0.1) is 0 Å². The fourth-order valence-electron chi connectivity index (χ4n) is 2.49. The van der Waals surface area contributed by atoms with E-state index in [4.69, 9.17) is 11.6 Å². The Bertz CT molecular complexity index is 587. The number of fused-ring (bicyclic) bond motifs is 1. The predicted molar refractivity (Wildman–Crippen MR) is 84.1 cm³/mol. The second-order valence-corrected chi connectivity index (χ2v) is 5.49. The maximum atomic E-state index is 11.9. The number of carbonyl (C=O) groups is 1. The zero-order chi connectivity index (χ0) is 14.5. The molecule has 0 spiro atoms. The highest BCUT2D eigenvalue weighted by Gasteiger charge is 2.13. The maximum absolute atomic E-state index is 11.9. The van der Waals surface area contributed by atoms with Crippen LogP contribution in [0, 0.1) is 5.92 Å². The van der Waals surface area contributed by atoms with Crippen LogP contribution in [0.25, 0.3) is 10.9 Å². The number of aromatic amines is 1. The molecule has 20 heavy (non-hydrogen) atoms. The molecule has 1 heterocycles. The Hall–Kier alpha value is -1.48. The SMILES string of the molecule is CCC(CC)C(=O)NCCc1c[nH]c2cc(Cl)ccc12.